The lowest BCUT2D eigenvalue weighted by Crippen LogP contribution is -2.26. The molecule has 0 saturated carbocycles. The van der Waals surface area contributed by atoms with E-state index in [1.165, 1.54) is 0 Å². The van der Waals surface area contributed by atoms with Crippen LogP contribution < -0.4 is 5.32 Å². The second-order valence-corrected chi connectivity index (χ2v) is 6.72. The number of fused-ring (bicyclic) bond motifs is 1. The number of hydrogen-bond acceptors (Lipinski definition) is 4. The second-order valence-electron chi connectivity index (χ2n) is 6.72. The molecule has 4 aromatic rings. The van der Waals surface area contributed by atoms with Crippen LogP contribution in [0.1, 0.15) is 22.6 Å². The van der Waals surface area contributed by atoms with Gasteiger partial charge in [0.15, 0.2) is 5.82 Å². The van der Waals surface area contributed by atoms with E-state index in [0.29, 0.717) is 12.4 Å². The molecule has 0 fully saturated rings. The summed E-state index contributed by atoms with van der Waals surface area (Å²) in [5, 5.41) is 12.1. The van der Waals surface area contributed by atoms with E-state index in [9.17, 15) is 4.79 Å². The third-order valence-corrected chi connectivity index (χ3v) is 4.92. The van der Waals surface area contributed by atoms with E-state index in [1.807, 2.05) is 73.0 Å². The van der Waals surface area contributed by atoms with E-state index in [-0.39, 0.29) is 12.3 Å². The van der Waals surface area contributed by atoms with Crippen LogP contribution in [0.15, 0.2) is 60.9 Å². The third kappa shape index (κ3) is 3.49. The Kier molecular flexibility index (Phi) is 4.85. The molecule has 6 nitrogen and oxygen atoms in total. The summed E-state index contributed by atoms with van der Waals surface area (Å²) < 4.78 is 1.87. The standard InChI is InChI=1S/C22H21N5O/c1-15-18-10-6-7-11-20(18)25-16(2)19(15)12-22(28)23-13-21-26-24-14-27(21)17-8-4-3-5-9-17/h3-11,14H,12-13H2,1-2H3,(H,23,28). The number of amides is 1. The van der Waals surface area contributed by atoms with Crippen LogP contribution >= 0.6 is 0 Å². The van der Waals surface area contributed by atoms with Crippen LogP contribution in [0.2, 0.25) is 0 Å². The zero-order valence-electron chi connectivity index (χ0n) is 15.9. The average molecular weight is 371 g/mol. The predicted molar refractivity (Wildman–Crippen MR) is 108 cm³/mol. The summed E-state index contributed by atoms with van der Waals surface area (Å²) in [6.07, 6.45) is 1.94. The highest BCUT2D eigenvalue weighted by Crippen LogP contribution is 2.22. The molecule has 1 amide bonds. The Hall–Kier alpha value is -3.54. The van der Waals surface area contributed by atoms with Gasteiger partial charge in [-0.05, 0) is 43.2 Å². The number of carbonyl (C=O) groups is 1. The average Bonchev–Trinajstić information content (AvgIpc) is 3.19. The van der Waals surface area contributed by atoms with Crippen molar-refractivity contribution in [2.45, 2.75) is 26.8 Å². The van der Waals surface area contributed by atoms with E-state index >= 15 is 0 Å². The molecule has 0 atom stereocenters. The number of carbonyl (C=O) groups excluding carboxylic acids is 1. The van der Waals surface area contributed by atoms with Gasteiger partial charge in [-0.3, -0.25) is 14.3 Å². The van der Waals surface area contributed by atoms with Gasteiger partial charge in [0, 0.05) is 16.8 Å². The van der Waals surface area contributed by atoms with Crippen molar-refractivity contribution in [3.63, 3.8) is 0 Å². The fourth-order valence-electron chi connectivity index (χ4n) is 3.42. The van der Waals surface area contributed by atoms with E-state index in [2.05, 4.69) is 20.5 Å². The number of benzene rings is 2. The fourth-order valence-corrected chi connectivity index (χ4v) is 3.42. The first-order chi connectivity index (χ1) is 13.6. The quantitative estimate of drug-likeness (QED) is 0.584. The molecular formula is C22H21N5O. The highest BCUT2D eigenvalue weighted by molar-refractivity contribution is 5.86. The van der Waals surface area contributed by atoms with E-state index in [1.54, 1.807) is 6.33 Å². The van der Waals surface area contributed by atoms with Crippen LogP contribution in [0.3, 0.4) is 0 Å². The zero-order valence-corrected chi connectivity index (χ0v) is 15.9. The number of pyridine rings is 1. The SMILES string of the molecule is Cc1nc2ccccc2c(C)c1CC(=O)NCc1nncn1-c1ccccc1. The number of aryl methyl sites for hydroxylation is 2. The van der Waals surface area contributed by atoms with Gasteiger partial charge in [-0.2, -0.15) is 0 Å². The van der Waals surface area contributed by atoms with Crippen molar-refractivity contribution in [1.82, 2.24) is 25.1 Å². The van der Waals surface area contributed by atoms with E-state index in [4.69, 9.17) is 0 Å². The smallest absolute Gasteiger partial charge is 0.224 e. The number of nitrogens with zero attached hydrogens (tertiary/aromatic N) is 4. The van der Waals surface area contributed by atoms with Crippen LogP contribution in [-0.4, -0.2) is 25.7 Å². The molecule has 140 valence electrons. The van der Waals surface area contributed by atoms with Crippen molar-refractivity contribution in [1.29, 1.82) is 0 Å². The maximum absolute atomic E-state index is 12.6. The molecule has 0 spiro atoms. The van der Waals surface area contributed by atoms with Crippen molar-refractivity contribution >= 4 is 16.8 Å². The summed E-state index contributed by atoms with van der Waals surface area (Å²) in [5.41, 5.74) is 4.88. The first-order valence-electron chi connectivity index (χ1n) is 9.19. The summed E-state index contributed by atoms with van der Waals surface area (Å²) in [4.78, 5) is 17.2. The van der Waals surface area contributed by atoms with Gasteiger partial charge in [-0.15, -0.1) is 10.2 Å². The van der Waals surface area contributed by atoms with Gasteiger partial charge in [0.25, 0.3) is 0 Å². The van der Waals surface area contributed by atoms with E-state index in [0.717, 1.165) is 33.4 Å². The predicted octanol–water partition coefficient (Wildman–Crippen LogP) is 3.29. The molecular weight excluding hydrogens is 350 g/mol. The molecule has 0 saturated heterocycles. The van der Waals surface area contributed by atoms with Crippen molar-refractivity contribution in [3.8, 4) is 5.69 Å². The summed E-state index contributed by atoms with van der Waals surface area (Å²) in [7, 11) is 0. The minimum atomic E-state index is -0.0640. The summed E-state index contributed by atoms with van der Waals surface area (Å²) in [5.74, 6) is 0.621. The van der Waals surface area contributed by atoms with Crippen LogP contribution in [0.5, 0.6) is 0 Å². The Morgan fingerprint density at radius 3 is 2.61 bits per heavy atom. The molecule has 2 aromatic carbocycles. The summed E-state index contributed by atoms with van der Waals surface area (Å²) in [6.45, 7) is 4.31. The molecule has 2 heterocycles. The summed E-state index contributed by atoms with van der Waals surface area (Å²) in [6, 6.07) is 17.8. The lowest BCUT2D eigenvalue weighted by Gasteiger charge is -2.13. The topological polar surface area (TPSA) is 72.7 Å². The molecule has 0 aliphatic heterocycles. The van der Waals surface area contributed by atoms with Gasteiger partial charge in [-0.25, -0.2) is 0 Å². The molecule has 0 bridgehead atoms. The normalized spacial score (nSPS) is 10.9. The third-order valence-electron chi connectivity index (χ3n) is 4.92. The van der Waals surface area contributed by atoms with Crippen LogP contribution in [0.4, 0.5) is 0 Å². The first-order valence-corrected chi connectivity index (χ1v) is 9.19. The minimum absolute atomic E-state index is 0.0640. The van der Waals surface area contributed by atoms with Gasteiger partial charge >= 0.3 is 0 Å². The maximum atomic E-state index is 12.6. The van der Waals surface area contributed by atoms with Gasteiger partial charge in [0.2, 0.25) is 5.91 Å². The van der Waals surface area contributed by atoms with Gasteiger partial charge < -0.3 is 5.32 Å². The second kappa shape index (κ2) is 7.60. The van der Waals surface area contributed by atoms with Crippen molar-refractivity contribution < 1.29 is 4.79 Å². The number of aromatic nitrogens is 4. The Morgan fingerprint density at radius 1 is 1.04 bits per heavy atom. The maximum Gasteiger partial charge on any atom is 0.224 e. The monoisotopic (exact) mass is 371 g/mol. The zero-order chi connectivity index (χ0) is 19.5. The van der Waals surface area contributed by atoms with Crippen LogP contribution in [0.25, 0.3) is 16.6 Å². The number of hydrogen-bond donors (Lipinski definition) is 1. The largest absolute Gasteiger partial charge is 0.348 e. The Labute approximate surface area is 163 Å². The van der Waals surface area contributed by atoms with Crippen LogP contribution in [-0.2, 0) is 17.8 Å². The van der Waals surface area contributed by atoms with Crippen molar-refractivity contribution in [3.05, 3.63) is 83.6 Å². The van der Waals surface area contributed by atoms with Gasteiger partial charge in [-0.1, -0.05) is 36.4 Å². The Balaban J connectivity index is 1.49. The van der Waals surface area contributed by atoms with Crippen molar-refractivity contribution in [2.75, 3.05) is 0 Å². The summed E-state index contributed by atoms with van der Waals surface area (Å²) >= 11 is 0. The highest BCUT2D eigenvalue weighted by Gasteiger charge is 2.14. The lowest BCUT2D eigenvalue weighted by molar-refractivity contribution is -0.120. The number of nitrogens with one attached hydrogen (secondary N) is 1. The molecule has 1 N–H and O–H groups in total. The molecule has 0 unspecified atom stereocenters. The highest BCUT2D eigenvalue weighted by atomic mass is 16.1. The van der Waals surface area contributed by atoms with Gasteiger partial charge in [0.1, 0.15) is 6.33 Å². The minimum Gasteiger partial charge on any atom is -0.348 e. The Morgan fingerprint density at radius 2 is 1.79 bits per heavy atom. The molecule has 0 radical (unpaired) electrons. The van der Waals surface area contributed by atoms with Crippen LogP contribution in [0, 0.1) is 13.8 Å². The molecule has 28 heavy (non-hydrogen) atoms. The molecule has 0 aliphatic rings. The molecule has 6 heteroatoms. The molecule has 2 aromatic heterocycles. The fraction of sp³-hybridized carbons (Fsp3) is 0.182. The van der Waals surface area contributed by atoms with Crippen molar-refractivity contribution in [2.24, 2.45) is 0 Å². The number of para-hydroxylation sites is 2. The number of rotatable bonds is 5. The van der Waals surface area contributed by atoms with E-state index < -0.39 is 0 Å². The Bertz CT molecular complexity index is 1130. The first kappa shape index (κ1) is 17.9. The molecule has 0 aliphatic carbocycles. The lowest BCUT2D eigenvalue weighted by atomic mass is 9.99. The van der Waals surface area contributed by atoms with Gasteiger partial charge in [0.05, 0.1) is 18.5 Å². The molecule has 4 rings (SSSR count).